The summed E-state index contributed by atoms with van der Waals surface area (Å²) < 4.78 is 5.75. The van der Waals surface area contributed by atoms with Gasteiger partial charge in [-0.15, -0.1) is 0 Å². The molecule has 0 bridgehead atoms. The van der Waals surface area contributed by atoms with Crippen molar-refractivity contribution in [3.8, 4) is 22.8 Å². The monoisotopic (exact) mass is 532 g/mol. The van der Waals surface area contributed by atoms with Crippen LogP contribution in [0.3, 0.4) is 0 Å². The second kappa shape index (κ2) is 11.3. The molecule has 0 spiro atoms. The SMILES string of the molecule is Cc1c(NCCN2CCCC2)cc(-c2nc(-c3ccccc3)no2)cc1N1CCN(C(=O)O)C(C(C)(C)C)C1. The molecule has 1 amide bonds. The highest BCUT2D eigenvalue weighted by atomic mass is 16.5. The van der Waals surface area contributed by atoms with Gasteiger partial charge in [0.05, 0.1) is 6.04 Å². The summed E-state index contributed by atoms with van der Waals surface area (Å²) in [5.74, 6) is 1.02. The van der Waals surface area contributed by atoms with Crippen molar-refractivity contribution >= 4 is 17.5 Å². The van der Waals surface area contributed by atoms with Gasteiger partial charge < -0.3 is 29.6 Å². The molecule has 2 saturated heterocycles. The number of hydrogen-bond donors (Lipinski definition) is 2. The minimum Gasteiger partial charge on any atom is -0.465 e. The van der Waals surface area contributed by atoms with Crippen molar-refractivity contribution in [1.82, 2.24) is 19.9 Å². The molecule has 1 aromatic heterocycles. The van der Waals surface area contributed by atoms with Crippen molar-refractivity contribution in [2.75, 3.05) is 56.0 Å². The molecule has 0 saturated carbocycles. The highest BCUT2D eigenvalue weighted by molar-refractivity contribution is 5.76. The quantitative estimate of drug-likeness (QED) is 0.416. The third-order valence-corrected chi connectivity index (χ3v) is 7.99. The summed E-state index contributed by atoms with van der Waals surface area (Å²) >= 11 is 0. The maximum absolute atomic E-state index is 12.0. The van der Waals surface area contributed by atoms with Gasteiger partial charge in [-0.1, -0.05) is 56.3 Å². The zero-order chi connectivity index (χ0) is 27.6. The van der Waals surface area contributed by atoms with Crippen molar-refractivity contribution in [2.45, 2.75) is 46.6 Å². The highest BCUT2D eigenvalue weighted by Crippen LogP contribution is 2.37. The Morgan fingerprint density at radius 2 is 1.82 bits per heavy atom. The Hall–Kier alpha value is -3.59. The van der Waals surface area contributed by atoms with Crippen molar-refractivity contribution in [3.05, 3.63) is 48.0 Å². The van der Waals surface area contributed by atoms with Crippen LogP contribution in [0.15, 0.2) is 47.0 Å². The maximum Gasteiger partial charge on any atom is 0.407 e. The van der Waals surface area contributed by atoms with E-state index in [-0.39, 0.29) is 11.5 Å². The van der Waals surface area contributed by atoms with E-state index in [2.05, 4.69) is 60.1 Å². The molecule has 3 heterocycles. The first-order valence-electron chi connectivity index (χ1n) is 14.0. The predicted octanol–water partition coefficient (Wildman–Crippen LogP) is 5.43. The molecule has 9 nitrogen and oxygen atoms in total. The Balaban J connectivity index is 1.47. The summed E-state index contributed by atoms with van der Waals surface area (Å²) in [4.78, 5) is 23.2. The lowest BCUT2D eigenvalue weighted by Crippen LogP contribution is -2.59. The van der Waals surface area contributed by atoms with Crippen LogP contribution in [0.5, 0.6) is 0 Å². The lowest BCUT2D eigenvalue weighted by Gasteiger charge is -2.47. The second-order valence-corrected chi connectivity index (χ2v) is 11.7. The molecule has 1 unspecified atom stereocenters. The van der Waals surface area contributed by atoms with Crippen LogP contribution >= 0.6 is 0 Å². The fraction of sp³-hybridized carbons (Fsp3) is 0.500. The van der Waals surface area contributed by atoms with Gasteiger partial charge in [-0.05, 0) is 56.0 Å². The average molecular weight is 533 g/mol. The zero-order valence-corrected chi connectivity index (χ0v) is 23.5. The van der Waals surface area contributed by atoms with Crippen LogP contribution in [0, 0.1) is 12.3 Å². The molecule has 3 aromatic rings. The number of likely N-dealkylation sites (tertiary alicyclic amines) is 1. The van der Waals surface area contributed by atoms with Crippen molar-refractivity contribution in [3.63, 3.8) is 0 Å². The molecular formula is C30H40N6O3. The third kappa shape index (κ3) is 6.03. The van der Waals surface area contributed by atoms with Crippen molar-refractivity contribution in [2.24, 2.45) is 5.41 Å². The molecule has 0 radical (unpaired) electrons. The van der Waals surface area contributed by atoms with E-state index in [0.717, 1.165) is 54.2 Å². The molecular weight excluding hydrogens is 492 g/mol. The van der Waals surface area contributed by atoms with E-state index in [4.69, 9.17) is 9.51 Å². The van der Waals surface area contributed by atoms with Gasteiger partial charge in [0.25, 0.3) is 5.89 Å². The molecule has 2 N–H and O–H groups in total. The summed E-state index contributed by atoms with van der Waals surface area (Å²) in [5, 5.41) is 17.8. The number of carbonyl (C=O) groups is 1. The number of nitrogens with zero attached hydrogens (tertiary/aromatic N) is 5. The minimum absolute atomic E-state index is 0.133. The number of aromatic nitrogens is 2. The van der Waals surface area contributed by atoms with Crippen LogP contribution in [-0.4, -0.2) is 83.0 Å². The summed E-state index contributed by atoms with van der Waals surface area (Å²) in [6, 6.07) is 13.9. The first kappa shape index (κ1) is 27.0. The van der Waals surface area contributed by atoms with Crippen LogP contribution in [0.4, 0.5) is 16.2 Å². The molecule has 0 aliphatic carbocycles. The number of anilines is 2. The molecule has 2 aliphatic heterocycles. The van der Waals surface area contributed by atoms with Crippen LogP contribution in [0.1, 0.15) is 39.2 Å². The molecule has 39 heavy (non-hydrogen) atoms. The topological polar surface area (TPSA) is 98.0 Å². The lowest BCUT2D eigenvalue weighted by molar-refractivity contribution is 0.0748. The molecule has 2 fully saturated rings. The van der Waals surface area contributed by atoms with E-state index in [1.54, 1.807) is 4.90 Å². The van der Waals surface area contributed by atoms with E-state index in [1.807, 2.05) is 30.3 Å². The number of hydrogen-bond acceptors (Lipinski definition) is 7. The Bertz CT molecular complexity index is 1280. The summed E-state index contributed by atoms with van der Waals surface area (Å²) in [6.07, 6.45) is 1.69. The molecule has 2 aliphatic rings. The Kier molecular flexibility index (Phi) is 7.79. The molecule has 2 aromatic carbocycles. The third-order valence-electron chi connectivity index (χ3n) is 7.99. The van der Waals surface area contributed by atoms with E-state index in [9.17, 15) is 9.90 Å². The normalized spacial score (nSPS) is 18.5. The van der Waals surface area contributed by atoms with Crippen molar-refractivity contribution < 1.29 is 14.4 Å². The van der Waals surface area contributed by atoms with Gasteiger partial charge >= 0.3 is 6.09 Å². The standard InChI is InChI=1S/C30H40N6O3/c1-21-24(31-12-15-34-13-8-9-14-34)18-23(28-32-27(33-39-28)22-10-6-5-7-11-22)19-25(21)35-16-17-36(29(37)38)26(20-35)30(2,3)4/h5-7,10-11,18-19,26,31H,8-9,12-17,20H2,1-4H3,(H,37,38). The summed E-state index contributed by atoms with van der Waals surface area (Å²) in [5.41, 5.74) is 4.79. The van der Waals surface area contributed by atoms with Crippen LogP contribution < -0.4 is 10.2 Å². The maximum atomic E-state index is 12.0. The van der Waals surface area contributed by atoms with Gasteiger partial charge in [0, 0.05) is 55.2 Å². The predicted molar refractivity (Wildman–Crippen MR) is 154 cm³/mol. The smallest absolute Gasteiger partial charge is 0.407 e. The number of nitrogens with one attached hydrogen (secondary N) is 1. The van der Waals surface area contributed by atoms with E-state index in [0.29, 0.717) is 31.3 Å². The first-order valence-corrected chi connectivity index (χ1v) is 14.0. The zero-order valence-electron chi connectivity index (χ0n) is 23.5. The summed E-state index contributed by atoms with van der Waals surface area (Å²) in [6.45, 7) is 14.3. The lowest BCUT2D eigenvalue weighted by atomic mass is 9.84. The van der Waals surface area contributed by atoms with E-state index in [1.165, 1.54) is 12.8 Å². The van der Waals surface area contributed by atoms with Gasteiger partial charge in [0.1, 0.15) is 0 Å². The van der Waals surface area contributed by atoms with Crippen LogP contribution in [0.25, 0.3) is 22.8 Å². The highest BCUT2D eigenvalue weighted by Gasteiger charge is 2.38. The van der Waals surface area contributed by atoms with Gasteiger partial charge in [0.2, 0.25) is 5.82 Å². The number of carboxylic acid groups (broad SMARTS) is 1. The van der Waals surface area contributed by atoms with E-state index >= 15 is 0 Å². The van der Waals surface area contributed by atoms with Gasteiger partial charge in [-0.2, -0.15) is 4.98 Å². The van der Waals surface area contributed by atoms with Crippen LogP contribution in [-0.2, 0) is 0 Å². The van der Waals surface area contributed by atoms with E-state index < -0.39 is 6.09 Å². The fourth-order valence-electron chi connectivity index (χ4n) is 5.71. The molecule has 5 rings (SSSR count). The summed E-state index contributed by atoms with van der Waals surface area (Å²) in [7, 11) is 0. The number of amides is 1. The Labute approximate surface area is 230 Å². The number of piperazine rings is 1. The fourth-order valence-corrected chi connectivity index (χ4v) is 5.71. The number of benzene rings is 2. The Morgan fingerprint density at radius 1 is 1.08 bits per heavy atom. The van der Waals surface area contributed by atoms with Crippen molar-refractivity contribution in [1.29, 1.82) is 0 Å². The largest absolute Gasteiger partial charge is 0.465 e. The molecule has 208 valence electrons. The molecule has 9 heteroatoms. The van der Waals surface area contributed by atoms with Gasteiger partial charge in [-0.3, -0.25) is 0 Å². The van der Waals surface area contributed by atoms with Crippen LogP contribution in [0.2, 0.25) is 0 Å². The Morgan fingerprint density at radius 3 is 2.51 bits per heavy atom. The molecule has 1 atom stereocenters. The second-order valence-electron chi connectivity index (χ2n) is 11.7. The first-order chi connectivity index (χ1) is 18.7. The average Bonchev–Trinajstić information content (AvgIpc) is 3.62. The van der Waals surface area contributed by atoms with Gasteiger partial charge in [-0.25, -0.2) is 4.79 Å². The minimum atomic E-state index is -0.858. The van der Waals surface area contributed by atoms with Gasteiger partial charge in [0.15, 0.2) is 0 Å². The number of rotatable bonds is 7.